The molecule has 0 bridgehead atoms. The van der Waals surface area contributed by atoms with E-state index in [4.69, 9.17) is 9.47 Å². The molecule has 2 aliphatic rings. The van der Waals surface area contributed by atoms with Gasteiger partial charge in [-0.1, -0.05) is 54.6 Å². The van der Waals surface area contributed by atoms with Gasteiger partial charge in [0.2, 0.25) is 0 Å². The van der Waals surface area contributed by atoms with E-state index in [0.717, 1.165) is 73.8 Å². The van der Waals surface area contributed by atoms with Gasteiger partial charge >= 0.3 is 6.09 Å². The van der Waals surface area contributed by atoms with Crippen LogP contribution in [-0.4, -0.2) is 71.7 Å². The standard InChI is InChI=1S/C36H44N2O4S/c1-36(2,3)42-35(40)38-24-29-22-37(23-30(29)25-38)19-20-41-32-17-13-28(14-18-32)34(27-11-15-31(39)16-12-27)33(10-7-21-43)26-8-5-4-6-9-26/h4-6,8-9,11-18,29-30,39,43H,7,10,19-25H2,1-3H3/b34-33-/t29-,30?/m1/s1. The van der Waals surface area contributed by atoms with Crippen LogP contribution in [0, 0.1) is 11.8 Å². The molecule has 0 radical (unpaired) electrons. The van der Waals surface area contributed by atoms with E-state index in [1.807, 2.05) is 56.0 Å². The summed E-state index contributed by atoms with van der Waals surface area (Å²) in [7, 11) is 0. The molecule has 2 heterocycles. The zero-order valence-electron chi connectivity index (χ0n) is 25.5. The van der Waals surface area contributed by atoms with Crippen molar-refractivity contribution in [1.82, 2.24) is 9.80 Å². The summed E-state index contributed by atoms with van der Waals surface area (Å²) in [6, 6.07) is 26.3. The van der Waals surface area contributed by atoms with Gasteiger partial charge in [-0.3, -0.25) is 4.90 Å². The first-order valence-electron chi connectivity index (χ1n) is 15.3. The number of nitrogens with zero attached hydrogens (tertiary/aromatic N) is 2. The fourth-order valence-electron chi connectivity index (χ4n) is 6.21. The number of phenolic OH excluding ortho intramolecular Hbond substituents is 1. The van der Waals surface area contributed by atoms with E-state index >= 15 is 0 Å². The first-order valence-corrected chi connectivity index (χ1v) is 16.0. The van der Waals surface area contributed by atoms with Crippen molar-refractivity contribution < 1.29 is 19.4 Å². The normalized spacial score (nSPS) is 19.2. The van der Waals surface area contributed by atoms with Crippen LogP contribution in [0.1, 0.15) is 50.3 Å². The molecule has 1 unspecified atom stereocenters. The molecule has 3 aromatic carbocycles. The minimum atomic E-state index is -0.462. The van der Waals surface area contributed by atoms with Crippen LogP contribution in [0.25, 0.3) is 11.1 Å². The molecule has 1 N–H and O–H groups in total. The van der Waals surface area contributed by atoms with E-state index in [1.54, 1.807) is 12.1 Å². The minimum absolute atomic E-state index is 0.193. The van der Waals surface area contributed by atoms with Crippen LogP contribution < -0.4 is 4.74 Å². The van der Waals surface area contributed by atoms with Crippen LogP contribution in [0.4, 0.5) is 4.79 Å². The van der Waals surface area contributed by atoms with E-state index in [2.05, 4.69) is 53.9 Å². The largest absolute Gasteiger partial charge is 0.508 e. The fourth-order valence-corrected chi connectivity index (χ4v) is 6.37. The van der Waals surface area contributed by atoms with Gasteiger partial charge < -0.3 is 19.5 Å². The number of hydrogen-bond acceptors (Lipinski definition) is 6. The molecule has 0 spiro atoms. The van der Waals surface area contributed by atoms with Crippen molar-refractivity contribution in [1.29, 1.82) is 0 Å². The van der Waals surface area contributed by atoms with E-state index in [9.17, 15) is 9.90 Å². The lowest BCUT2D eigenvalue weighted by Crippen LogP contribution is -2.38. The van der Waals surface area contributed by atoms with Gasteiger partial charge in [0, 0.05) is 32.7 Å². The van der Waals surface area contributed by atoms with Gasteiger partial charge in [-0.2, -0.15) is 12.6 Å². The number of benzene rings is 3. The van der Waals surface area contributed by atoms with Gasteiger partial charge in [-0.15, -0.1) is 0 Å². The predicted octanol–water partition coefficient (Wildman–Crippen LogP) is 7.24. The molecule has 0 saturated carbocycles. The Hall–Kier alpha value is -3.42. The first kappa shape index (κ1) is 31.0. The highest BCUT2D eigenvalue weighted by Crippen LogP contribution is 2.37. The quantitative estimate of drug-likeness (QED) is 0.190. The van der Waals surface area contributed by atoms with Crippen molar-refractivity contribution in [2.45, 2.75) is 39.2 Å². The third-order valence-electron chi connectivity index (χ3n) is 8.20. The number of likely N-dealkylation sites (tertiary alicyclic amines) is 2. The number of aromatic hydroxyl groups is 1. The molecule has 2 atom stereocenters. The Morgan fingerprint density at radius 1 is 0.860 bits per heavy atom. The number of fused-ring (bicyclic) bond motifs is 1. The summed E-state index contributed by atoms with van der Waals surface area (Å²) in [5.41, 5.74) is 5.32. The Morgan fingerprint density at radius 3 is 2.05 bits per heavy atom. The van der Waals surface area contributed by atoms with Crippen molar-refractivity contribution in [3.63, 3.8) is 0 Å². The minimum Gasteiger partial charge on any atom is -0.508 e. The van der Waals surface area contributed by atoms with Crippen molar-refractivity contribution in [3.8, 4) is 11.5 Å². The average Bonchev–Trinajstić information content (AvgIpc) is 3.56. The van der Waals surface area contributed by atoms with Crippen LogP contribution in [0.3, 0.4) is 0 Å². The fraction of sp³-hybridized carbons (Fsp3) is 0.417. The maximum absolute atomic E-state index is 12.5. The van der Waals surface area contributed by atoms with Crippen LogP contribution in [0.15, 0.2) is 78.9 Å². The Labute approximate surface area is 261 Å². The molecule has 2 aliphatic heterocycles. The molecule has 1 amide bonds. The predicted molar refractivity (Wildman–Crippen MR) is 177 cm³/mol. The van der Waals surface area contributed by atoms with E-state index in [0.29, 0.717) is 18.4 Å². The van der Waals surface area contributed by atoms with Crippen molar-refractivity contribution in [2.24, 2.45) is 11.8 Å². The smallest absolute Gasteiger partial charge is 0.410 e. The molecule has 6 nitrogen and oxygen atoms in total. The van der Waals surface area contributed by atoms with Gasteiger partial charge in [0.15, 0.2) is 0 Å². The number of carbonyl (C=O) groups is 1. The number of rotatable bonds is 10. The van der Waals surface area contributed by atoms with Crippen LogP contribution in [0.5, 0.6) is 11.5 Å². The maximum Gasteiger partial charge on any atom is 0.410 e. The summed E-state index contributed by atoms with van der Waals surface area (Å²) in [5, 5.41) is 9.95. The number of ether oxygens (including phenoxy) is 2. The number of carbonyl (C=O) groups excluding carboxylic acids is 1. The second-order valence-electron chi connectivity index (χ2n) is 12.6. The lowest BCUT2D eigenvalue weighted by molar-refractivity contribution is 0.0273. The molecular formula is C36H44N2O4S. The highest BCUT2D eigenvalue weighted by Gasteiger charge is 2.42. The molecule has 3 aromatic rings. The zero-order chi connectivity index (χ0) is 30.4. The van der Waals surface area contributed by atoms with Crippen molar-refractivity contribution in [3.05, 3.63) is 95.6 Å². The van der Waals surface area contributed by atoms with Crippen molar-refractivity contribution >= 4 is 29.9 Å². The molecule has 2 saturated heterocycles. The number of amides is 1. The summed E-state index contributed by atoms with van der Waals surface area (Å²) in [6.45, 7) is 10.7. The first-order chi connectivity index (χ1) is 20.7. The topological polar surface area (TPSA) is 62.2 Å². The monoisotopic (exact) mass is 600 g/mol. The van der Waals surface area contributed by atoms with Gasteiger partial charge in [0.05, 0.1) is 0 Å². The van der Waals surface area contributed by atoms with Crippen molar-refractivity contribution in [2.75, 3.05) is 45.1 Å². The summed E-state index contributed by atoms with van der Waals surface area (Å²) in [4.78, 5) is 16.8. The number of hydrogen-bond donors (Lipinski definition) is 2. The van der Waals surface area contributed by atoms with Gasteiger partial charge in [0.25, 0.3) is 0 Å². The molecular weight excluding hydrogens is 556 g/mol. The number of allylic oxidation sites excluding steroid dienone is 1. The third kappa shape index (κ3) is 8.15. The Balaban J connectivity index is 1.23. The number of phenols is 1. The molecule has 0 aliphatic carbocycles. The molecule has 43 heavy (non-hydrogen) atoms. The SMILES string of the molecule is CC(C)(C)OC(=O)N1CC2CN(CCOc3ccc(/C(=C(/CCCS)c4ccccc4)c4ccc(O)cc4)cc3)C[C@@H]2C1. The molecule has 228 valence electrons. The highest BCUT2D eigenvalue weighted by molar-refractivity contribution is 7.80. The van der Waals surface area contributed by atoms with Crippen LogP contribution in [0.2, 0.25) is 0 Å². The lowest BCUT2D eigenvalue weighted by Gasteiger charge is -2.26. The molecule has 0 aromatic heterocycles. The molecule has 2 fully saturated rings. The molecule has 7 heteroatoms. The lowest BCUT2D eigenvalue weighted by atomic mass is 9.87. The average molecular weight is 601 g/mol. The van der Waals surface area contributed by atoms with E-state index in [1.165, 1.54) is 11.1 Å². The van der Waals surface area contributed by atoms with Crippen LogP contribution >= 0.6 is 12.6 Å². The van der Waals surface area contributed by atoms with Gasteiger partial charge in [0.1, 0.15) is 23.7 Å². The third-order valence-corrected chi connectivity index (χ3v) is 8.51. The number of thiol groups is 1. The summed E-state index contributed by atoms with van der Waals surface area (Å²) in [5.74, 6) is 2.91. The summed E-state index contributed by atoms with van der Waals surface area (Å²) < 4.78 is 11.8. The van der Waals surface area contributed by atoms with E-state index < -0.39 is 5.60 Å². The Morgan fingerprint density at radius 2 is 1.47 bits per heavy atom. The van der Waals surface area contributed by atoms with Crippen LogP contribution in [-0.2, 0) is 4.74 Å². The Kier molecular flexibility index (Phi) is 10.0. The second-order valence-corrected chi connectivity index (χ2v) is 13.1. The maximum atomic E-state index is 12.5. The summed E-state index contributed by atoms with van der Waals surface area (Å²) in [6.07, 6.45) is 1.67. The highest BCUT2D eigenvalue weighted by atomic mass is 32.1. The van der Waals surface area contributed by atoms with Gasteiger partial charge in [-0.05, 0) is 103 Å². The summed E-state index contributed by atoms with van der Waals surface area (Å²) >= 11 is 4.49. The zero-order valence-corrected chi connectivity index (χ0v) is 26.4. The molecule has 5 rings (SSSR count). The Bertz CT molecular complexity index is 1370. The van der Waals surface area contributed by atoms with E-state index in [-0.39, 0.29) is 11.8 Å². The van der Waals surface area contributed by atoms with Gasteiger partial charge in [-0.25, -0.2) is 4.79 Å². The second kappa shape index (κ2) is 13.9.